The van der Waals surface area contributed by atoms with Crippen molar-refractivity contribution >= 4 is 5.69 Å². The molecule has 0 radical (unpaired) electrons. The molecule has 1 fully saturated rings. The Morgan fingerprint density at radius 1 is 1.00 bits per heavy atom. The van der Waals surface area contributed by atoms with Gasteiger partial charge in [-0.05, 0) is 37.7 Å². The van der Waals surface area contributed by atoms with E-state index in [0.717, 1.165) is 50.8 Å². The molecule has 4 nitrogen and oxygen atoms in total. The van der Waals surface area contributed by atoms with E-state index >= 15 is 0 Å². The molecular formula is C18H25N3O. The number of anilines is 1. The van der Waals surface area contributed by atoms with Crippen molar-refractivity contribution in [1.29, 1.82) is 0 Å². The standard InChI is InChI=1S/C18H25N3O/c1-15-7-8-17(22-15)14-19-13-16-5-3-4-6-18(16)21-11-9-20(2)10-12-21/h3-8,19H,9-14H2,1-2H3. The Labute approximate surface area is 132 Å². The minimum atomic E-state index is 0.769. The van der Waals surface area contributed by atoms with Crippen molar-refractivity contribution in [2.75, 3.05) is 38.1 Å². The summed E-state index contributed by atoms with van der Waals surface area (Å²) in [5, 5.41) is 3.49. The van der Waals surface area contributed by atoms with E-state index in [1.165, 1.54) is 11.3 Å². The summed E-state index contributed by atoms with van der Waals surface area (Å²) in [6, 6.07) is 12.7. The van der Waals surface area contributed by atoms with Gasteiger partial charge in [-0.3, -0.25) is 0 Å². The van der Waals surface area contributed by atoms with Gasteiger partial charge in [0.15, 0.2) is 0 Å². The van der Waals surface area contributed by atoms with Crippen LogP contribution >= 0.6 is 0 Å². The summed E-state index contributed by atoms with van der Waals surface area (Å²) in [7, 11) is 2.19. The predicted molar refractivity (Wildman–Crippen MR) is 90.1 cm³/mol. The molecule has 2 aromatic rings. The first-order chi connectivity index (χ1) is 10.7. The lowest BCUT2D eigenvalue weighted by molar-refractivity contribution is 0.312. The average molecular weight is 299 g/mol. The second-order valence-corrected chi connectivity index (χ2v) is 6.03. The number of rotatable bonds is 5. The van der Waals surface area contributed by atoms with Crippen molar-refractivity contribution in [2.24, 2.45) is 0 Å². The Kier molecular flexibility index (Phi) is 4.80. The summed E-state index contributed by atoms with van der Waals surface area (Å²) in [4.78, 5) is 4.88. The first kappa shape index (κ1) is 15.1. The van der Waals surface area contributed by atoms with Gasteiger partial charge in [0.25, 0.3) is 0 Å². The number of nitrogens with zero attached hydrogens (tertiary/aromatic N) is 2. The van der Waals surface area contributed by atoms with Crippen LogP contribution in [-0.2, 0) is 13.1 Å². The van der Waals surface area contributed by atoms with Gasteiger partial charge in [0.05, 0.1) is 6.54 Å². The van der Waals surface area contributed by atoms with Crippen LogP contribution in [0.1, 0.15) is 17.1 Å². The fraction of sp³-hybridized carbons (Fsp3) is 0.444. The Balaban J connectivity index is 1.61. The van der Waals surface area contributed by atoms with Crippen molar-refractivity contribution in [3.8, 4) is 0 Å². The number of hydrogen-bond donors (Lipinski definition) is 1. The molecule has 0 spiro atoms. The van der Waals surface area contributed by atoms with Crippen LogP contribution < -0.4 is 10.2 Å². The first-order valence-corrected chi connectivity index (χ1v) is 8.00. The summed E-state index contributed by atoms with van der Waals surface area (Å²) in [6.45, 7) is 8.08. The van der Waals surface area contributed by atoms with Crippen LogP contribution in [0.5, 0.6) is 0 Å². The molecule has 3 rings (SSSR count). The van der Waals surface area contributed by atoms with Crippen LogP contribution in [0, 0.1) is 6.92 Å². The van der Waals surface area contributed by atoms with Crippen molar-refractivity contribution in [3.63, 3.8) is 0 Å². The SMILES string of the molecule is Cc1ccc(CNCc2ccccc2N2CCN(C)CC2)o1. The number of piperazine rings is 1. The highest BCUT2D eigenvalue weighted by Gasteiger charge is 2.16. The number of furan rings is 1. The second-order valence-electron chi connectivity index (χ2n) is 6.03. The largest absolute Gasteiger partial charge is 0.465 e. The van der Waals surface area contributed by atoms with Gasteiger partial charge in [0.2, 0.25) is 0 Å². The Morgan fingerprint density at radius 2 is 1.77 bits per heavy atom. The molecule has 0 saturated carbocycles. The Morgan fingerprint density at radius 3 is 2.50 bits per heavy atom. The maximum absolute atomic E-state index is 5.60. The van der Waals surface area contributed by atoms with Crippen LogP contribution in [0.15, 0.2) is 40.8 Å². The topological polar surface area (TPSA) is 31.6 Å². The number of benzene rings is 1. The normalized spacial score (nSPS) is 16.2. The zero-order valence-corrected chi connectivity index (χ0v) is 13.5. The molecule has 0 bridgehead atoms. The molecule has 2 heterocycles. The second kappa shape index (κ2) is 6.99. The quantitative estimate of drug-likeness (QED) is 0.920. The van der Waals surface area contributed by atoms with Crippen molar-refractivity contribution in [1.82, 2.24) is 10.2 Å². The van der Waals surface area contributed by atoms with Crippen LogP contribution in [0.25, 0.3) is 0 Å². The lowest BCUT2D eigenvalue weighted by atomic mass is 10.1. The molecule has 1 N–H and O–H groups in total. The van der Waals surface area contributed by atoms with Crippen molar-refractivity contribution in [3.05, 3.63) is 53.5 Å². The van der Waals surface area contributed by atoms with Crippen molar-refractivity contribution in [2.45, 2.75) is 20.0 Å². The van der Waals surface area contributed by atoms with E-state index in [2.05, 4.69) is 46.4 Å². The van der Waals surface area contributed by atoms with Gasteiger partial charge in [-0.25, -0.2) is 0 Å². The predicted octanol–water partition coefficient (Wildman–Crippen LogP) is 2.63. The molecule has 4 heteroatoms. The van der Waals surface area contributed by atoms with Crippen LogP contribution in [0.4, 0.5) is 5.69 Å². The third kappa shape index (κ3) is 3.70. The molecule has 0 atom stereocenters. The fourth-order valence-electron chi connectivity index (χ4n) is 2.92. The maximum atomic E-state index is 5.60. The number of nitrogens with one attached hydrogen (secondary N) is 1. The fourth-order valence-corrected chi connectivity index (χ4v) is 2.92. The van der Waals surface area contributed by atoms with Gasteiger partial charge in [0.1, 0.15) is 11.5 Å². The zero-order valence-electron chi connectivity index (χ0n) is 13.5. The van der Waals surface area contributed by atoms with Gasteiger partial charge in [-0.1, -0.05) is 18.2 Å². The number of hydrogen-bond acceptors (Lipinski definition) is 4. The molecule has 1 saturated heterocycles. The molecule has 22 heavy (non-hydrogen) atoms. The van der Waals surface area contributed by atoms with E-state index in [9.17, 15) is 0 Å². The number of likely N-dealkylation sites (N-methyl/N-ethyl adjacent to an activating group) is 1. The molecular weight excluding hydrogens is 274 g/mol. The summed E-state index contributed by atoms with van der Waals surface area (Å²) < 4.78 is 5.60. The maximum Gasteiger partial charge on any atom is 0.117 e. The number of aryl methyl sites for hydroxylation is 1. The monoisotopic (exact) mass is 299 g/mol. The third-order valence-electron chi connectivity index (χ3n) is 4.25. The van der Waals surface area contributed by atoms with E-state index < -0.39 is 0 Å². The highest BCUT2D eigenvalue weighted by molar-refractivity contribution is 5.54. The highest BCUT2D eigenvalue weighted by atomic mass is 16.3. The Hall–Kier alpha value is -1.78. The third-order valence-corrected chi connectivity index (χ3v) is 4.25. The Bertz CT molecular complexity index is 600. The summed E-state index contributed by atoms with van der Waals surface area (Å²) in [5.74, 6) is 1.96. The summed E-state index contributed by atoms with van der Waals surface area (Å²) in [6.07, 6.45) is 0. The lowest BCUT2D eigenvalue weighted by Crippen LogP contribution is -2.44. The molecule has 1 aromatic carbocycles. The van der Waals surface area contributed by atoms with Gasteiger partial charge in [-0.2, -0.15) is 0 Å². The van der Waals surface area contributed by atoms with E-state index in [-0.39, 0.29) is 0 Å². The molecule has 0 aliphatic carbocycles. The van der Waals surface area contributed by atoms with Crippen LogP contribution in [-0.4, -0.2) is 38.1 Å². The average Bonchev–Trinajstić information content (AvgIpc) is 2.94. The molecule has 1 aliphatic heterocycles. The van der Waals surface area contributed by atoms with Crippen LogP contribution in [0.3, 0.4) is 0 Å². The van der Waals surface area contributed by atoms with E-state index in [4.69, 9.17) is 4.42 Å². The van der Waals surface area contributed by atoms with Gasteiger partial charge in [-0.15, -0.1) is 0 Å². The molecule has 118 valence electrons. The smallest absolute Gasteiger partial charge is 0.117 e. The highest BCUT2D eigenvalue weighted by Crippen LogP contribution is 2.21. The minimum Gasteiger partial charge on any atom is -0.465 e. The van der Waals surface area contributed by atoms with Crippen molar-refractivity contribution < 1.29 is 4.42 Å². The van der Waals surface area contributed by atoms with E-state index in [1.807, 2.05) is 19.1 Å². The van der Waals surface area contributed by atoms with Gasteiger partial charge in [0, 0.05) is 38.4 Å². The summed E-state index contributed by atoms with van der Waals surface area (Å²) in [5.41, 5.74) is 2.72. The van der Waals surface area contributed by atoms with Gasteiger partial charge >= 0.3 is 0 Å². The molecule has 1 aromatic heterocycles. The van der Waals surface area contributed by atoms with Gasteiger partial charge < -0.3 is 19.5 Å². The lowest BCUT2D eigenvalue weighted by Gasteiger charge is -2.35. The first-order valence-electron chi connectivity index (χ1n) is 8.00. The molecule has 1 aliphatic rings. The molecule has 0 unspecified atom stereocenters. The molecule has 0 amide bonds. The number of para-hydroxylation sites is 1. The summed E-state index contributed by atoms with van der Waals surface area (Å²) >= 11 is 0. The minimum absolute atomic E-state index is 0.769. The van der Waals surface area contributed by atoms with E-state index in [0.29, 0.717) is 0 Å². The van der Waals surface area contributed by atoms with E-state index in [1.54, 1.807) is 0 Å². The van der Waals surface area contributed by atoms with Crippen LogP contribution in [0.2, 0.25) is 0 Å². The zero-order chi connectivity index (χ0) is 15.4.